The summed E-state index contributed by atoms with van der Waals surface area (Å²) in [6, 6.07) is 4.37. The fourth-order valence-electron chi connectivity index (χ4n) is 3.14. The molecule has 15 nitrogen and oxygen atoms in total. The van der Waals surface area contributed by atoms with Crippen LogP contribution in [0, 0.1) is 0 Å². The lowest BCUT2D eigenvalue weighted by Crippen LogP contribution is -2.44. The Hall–Kier alpha value is -4.73. The Bertz CT molecular complexity index is 1160. The third kappa shape index (κ3) is 13.8. The fraction of sp³-hybridized carbons (Fsp3) is 0.346. The van der Waals surface area contributed by atoms with E-state index in [1.807, 2.05) is 0 Å². The maximum absolute atomic E-state index is 12.4. The van der Waals surface area contributed by atoms with Gasteiger partial charge in [0, 0.05) is 12.1 Å². The number of aliphatic hydroxyl groups is 2. The SMILES string of the molecule is C=C(/C=C\c1ccccc1CC(=O)NC(CCC(=O)O)C(=O)O)NC(=O)C(C)NC(=O)CCOC(O)/C(O)=C\OO. The van der Waals surface area contributed by atoms with Crippen LogP contribution in [0.2, 0.25) is 0 Å². The average Bonchev–Trinajstić information content (AvgIpc) is 2.90. The lowest BCUT2D eigenvalue weighted by molar-refractivity contribution is -0.194. The largest absolute Gasteiger partial charge is 0.505 e. The normalized spacial score (nSPS) is 13.5. The van der Waals surface area contributed by atoms with Crippen molar-refractivity contribution in [3.8, 4) is 0 Å². The number of hydrogen-bond acceptors (Lipinski definition) is 10. The van der Waals surface area contributed by atoms with E-state index in [2.05, 4.69) is 27.4 Å². The first kappa shape index (κ1) is 34.3. The number of hydrogen-bond donors (Lipinski definition) is 8. The van der Waals surface area contributed by atoms with Crippen molar-refractivity contribution in [2.24, 2.45) is 0 Å². The van der Waals surface area contributed by atoms with Crippen LogP contribution in [0.15, 0.2) is 54.6 Å². The lowest BCUT2D eigenvalue weighted by Gasteiger charge is -2.15. The van der Waals surface area contributed by atoms with Gasteiger partial charge in [-0.25, -0.2) is 10.1 Å². The van der Waals surface area contributed by atoms with Gasteiger partial charge in [0.1, 0.15) is 12.1 Å². The van der Waals surface area contributed by atoms with Crippen molar-refractivity contribution < 1.29 is 59.3 Å². The molecule has 3 amide bonds. The highest BCUT2D eigenvalue weighted by Crippen LogP contribution is 2.13. The molecule has 0 aliphatic carbocycles. The zero-order valence-corrected chi connectivity index (χ0v) is 22.1. The number of carbonyl (C=O) groups excluding carboxylic acids is 3. The van der Waals surface area contributed by atoms with Gasteiger partial charge in [-0.05, 0) is 30.5 Å². The number of aliphatic hydroxyl groups excluding tert-OH is 2. The number of ether oxygens (including phenoxy) is 1. The maximum atomic E-state index is 12.4. The molecule has 41 heavy (non-hydrogen) atoms. The Morgan fingerprint density at radius 3 is 2.34 bits per heavy atom. The monoisotopic (exact) mass is 579 g/mol. The molecular weight excluding hydrogens is 546 g/mol. The van der Waals surface area contributed by atoms with Gasteiger partial charge in [0.2, 0.25) is 24.0 Å². The molecule has 1 rings (SSSR count). The third-order valence-electron chi connectivity index (χ3n) is 5.24. The molecule has 8 N–H and O–H groups in total. The highest BCUT2D eigenvalue weighted by Gasteiger charge is 2.21. The zero-order chi connectivity index (χ0) is 30.9. The van der Waals surface area contributed by atoms with Crippen LogP contribution in [0.4, 0.5) is 0 Å². The predicted octanol–water partition coefficient (Wildman–Crippen LogP) is 0.425. The Labute approximate surface area is 234 Å². The van der Waals surface area contributed by atoms with E-state index in [1.165, 1.54) is 13.0 Å². The van der Waals surface area contributed by atoms with Crippen LogP contribution >= 0.6 is 0 Å². The van der Waals surface area contributed by atoms with Crippen LogP contribution in [0.5, 0.6) is 0 Å². The minimum absolute atomic E-state index is 0.162. The number of carboxylic acids is 2. The Morgan fingerprint density at radius 2 is 1.71 bits per heavy atom. The van der Waals surface area contributed by atoms with Gasteiger partial charge >= 0.3 is 11.9 Å². The van der Waals surface area contributed by atoms with Crippen molar-refractivity contribution in [1.82, 2.24) is 16.0 Å². The summed E-state index contributed by atoms with van der Waals surface area (Å²) in [6.45, 7) is 4.82. The van der Waals surface area contributed by atoms with Crippen LogP contribution in [0.25, 0.3) is 6.08 Å². The molecule has 0 spiro atoms. The number of benzene rings is 1. The number of amides is 3. The van der Waals surface area contributed by atoms with Crippen molar-refractivity contribution in [2.45, 2.75) is 51.0 Å². The highest BCUT2D eigenvalue weighted by atomic mass is 17.1. The van der Waals surface area contributed by atoms with Crippen molar-refractivity contribution >= 4 is 35.7 Å². The van der Waals surface area contributed by atoms with Gasteiger partial charge in [0.25, 0.3) is 0 Å². The smallest absolute Gasteiger partial charge is 0.326 e. The van der Waals surface area contributed by atoms with Gasteiger partial charge in [-0.15, -0.1) is 0 Å². The Morgan fingerprint density at radius 1 is 1.02 bits per heavy atom. The third-order valence-corrected chi connectivity index (χ3v) is 5.24. The summed E-state index contributed by atoms with van der Waals surface area (Å²) < 4.78 is 4.78. The van der Waals surface area contributed by atoms with Gasteiger partial charge in [-0.1, -0.05) is 36.9 Å². The Kier molecular flexibility index (Phi) is 14.9. The molecule has 0 bridgehead atoms. The molecular formula is C26H33N3O12. The summed E-state index contributed by atoms with van der Waals surface area (Å²) in [5, 5.41) is 52.0. The van der Waals surface area contributed by atoms with Crippen LogP contribution in [0.1, 0.15) is 37.3 Å². The number of carboxylic acid groups (broad SMARTS) is 2. The van der Waals surface area contributed by atoms with E-state index in [0.29, 0.717) is 17.4 Å². The molecule has 1 aromatic carbocycles. The van der Waals surface area contributed by atoms with Gasteiger partial charge in [-0.2, -0.15) is 0 Å². The number of nitrogens with one attached hydrogen (secondary N) is 3. The molecule has 0 aromatic heterocycles. The van der Waals surface area contributed by atoms with E-state index in [-0.39, 0.29) is 31.6 Å². The lowest BCUT2D eigenvalue weighted by atomic mass is 10.0. The minimum Gasteiger partial charge on any atom is -0.505 e. The second-order valence-electron chi connectivity index (χ2n) is 8.52. The predicted molar refractivity (Wildman–Crippen MR) is 142 cm³/mol. The van der Waals surface area contributed by atoms with Crippen molar-refractivity contribution in [3.63, 3.8) is 0 Å². The van der Waals surface area contributed by atoms with Gasteiger partial charge < -0.3 is 46.0 Å². The molecule has 0 aliphatic heterocycles. The van der Waals surface area contributed by atoms with E-state index < -0.39 is 60.2 Å². The first-order valence-electron chi connectivity index (χ1n) is 12.1. The highest BCUT2D eigenvalue weighted by molar-refractivity contribution is 5.89. The number of carbonyl (C=O) groups is 5. The molecule has 224 valence electrons. The van der Waals surface area contributed by atoms with E-state index >= 15 is 0 Å². The van der Waals surface area contributed by atoms with E-state index in [1.54, 1.807) is 30.3 Å². The first-order valence-corrected chi connectivity index (χ1v) is 12.1. The van der Waals surface area contributed by atoms with Gasteiger partial charge in [-0.3, -0.25) is 19.2 Å². The van der Waals surface area contributed by atoms with Crippen LogP contribution in [0.3, 0.4) is 0 Å². The number of rotatable bonds is 18. The van der Waals surface area contributed by atoms with Crippen molar-refractivity contribution in [3.05, 3.63) is 65.8 Å². The summed E-state index contributed by atoms with van der Waals surface area (Å²) in [7, 11) is 0. The van der Waals surface area contributed by atoms with Gasteiger partial charge in [0.15, 0.2) is 12.0 Å². The van der Waals surface area contributed by atoms with Crippen molar-refractivity contribution in [2.75, 3.05) is 6.61 Å². The number of allylic oxidation sites excluding steroid dienone is 1. The second-order valence-corrected chi connectivity index (χ2v) is 8.52. The second kappa shape index (κ2) is 17.8. The molecule has 3 atom stereocenters. The van der Waals surface area contributed by atoms with Crippen molar-refractivity contribution in [1.29, 1.82) is 0 Å². The van der Waals surface area contributed by atoms with Crippen LogP contribution < -0.4 is 16.0 Å². The average molecular weight is 580 g/mol. The molecule has 0 saturated carbocycles. The molecule has 0 aliphatic rings. The Balaban J connectivity index is 2.63. The number of aliphatic carboxylic acids is 2. The summed E-state index contributed by atoms with van der Waals surface area (Å²) in [4.78, 5) is 62.4. The maximum Gasteiger partial charge on any atom is 0.326 e. The molecule has 0 saturated heterocycles. The molecule has 1 aromatic rings. The van der Waals surface area contributed by atoms with Crippen LogP contribution in [-0.4, -0.2) is 80.3 Å². The van der Waals surface area contributed by atoms with Crippen LogP contribution in [-0.2, 0) is 40.0 Å². The minimum atomic E-state index is -1.82. The summed E-state index contributed by atoms with van der Waals surface area (Å²) in [5.41, 5.74) is 1.27. The van der Waals surface area contributed by atoms with E-state index in [9.17, 15) is 39.3 Å². The van der Waals surface area contributed by atoms with E-state index in [4.69, 9.17) is 15.1 Å². The standard InChI is InChI=1S/C26H33N3O12/c1-15(27-24(35)16(2)28-21(31)11-12-40-26(38)20(30)14-41-39)7-8-17-5-3-4-6-18(17)13-22(32)29-19(25(36)37)9-10-23(33)34/h3-8,14,16,19,26,30,38-39H,1,9-13H2,2H3,(H,27,35)(H,28,31)(H,29,32)(H,33,34)(H,36,37)/b8-7-,20-14+. The molecule has 0 radical (unpaired) electrons. The quantitative estimate of drug-likeness (QED) is 0.0388. The van der Waals surface area contributed by atoms with Gasteiger partial charge in [0.05, 0.1) is 19.4 Å². The summed E-state index contributed by atoms with van der Waals surface area (Å²) >= 11 is 0. The summed E-state index contributed by atoms with van der Waals surface area (Å²) in [6.07, 6.45) is 0.496. The fourth-order valence-corrected chi connectivity index (χ4v) is 3.14. The molecule has 0 heterocycles. The molecule has 0 fully saturated rings. The molecule has 15 heteroatoms. The molecule has 3 unspecified atom stereocenters. The first-order chi connectivity index (χ1) is 19.3. The topological polar surface area (TPSA) is 241 Å². The van der Waals surface area contributed by atoms with E-state index in [0.717, 1.165) is 0 Å². The zero-order valence-electron chi connectivity index (χ0n) is 22.1. The summed E-state index contributed by atoms with van der Waals surface area (Å²) in [5.74, 6) is -5.16.